The fourth-order valence-electron chi connectivity index (χ4n) is 7.04. The highest BCUT2D eigenvalue weighted by atomic mass is 35.5. The number of anilines is 2. The zero-order valence-corrected chi connectivity index (χ0v) is 38.1. The molecule has 0 unspecified atom stereocenters. The molecule has 2 fully saturated rings. The number of rotatable bonds is 12. The van der Waals surface area contributed by atoms with Crippen LogP contribution in [0.25, 0.3) is 22.1 Å². The molecule has 2 aromatic carbocycles. The molecule has 6 heterocycles. The Morgan fingerprint density at radius 1 is 0.672 bits per heavy atom. The maximum absolute atomic E-state index is 13.2. The van der Waals surface area contributed by atoms with Crippen molar-refractivity contribution in [1.29, 1.82) is 0 Å². The van der Waals surface area contributed by atoms with Crippen molar-refractivity contribution in [2.45, 2.75) is 64.1 Å². The Labute approximate surface area is 393 Å². The van der Waals surface area contributed by atoms with E-state index in [1.54, 1.807) is 79.7 Å². The molecule has 4 aromatic heterocycles. The van der Waals surface area contributed by atoms with Crippen molar-refractivity contribution >= 4 is 80.6 Å². The smallest absolute Gasteiger partial charge is 0.305 e. The molecule has 2 aliphatic rings. The van der Waals surface area contributed by atoms with Crippen molar-refractivity contribution < 1.29 is 34.5 Å². The van der Waals surface area contributed by atoms with Crippen molar-refractivity contribution in [3.05, 3.63) is 138 Å². The summed E-state index contributed by atoms with van der Waals surface area (Å²) in [7, 11) is 0. The number of fused-ring (bicyclic) bond motifs is 2. The normalized spacial score (nSPS) is 14.3. The van der Waals surface area contributed by atoms with Crippen LogP contribution in [0.2, 0.25) is 10.0 Å². The first-order valence-electron chi connectivity index (χ1n) is 21.0. The highest BCUT2D eigenvalue weighted by Gasteiger charge is 2.39. The number of aryl methyl sites for hydroxylation is 2. The number of nitrogens with one attached hydrogen (secondary N) is 3. The number of hydrogen-bond donors (Lipinski definition) is 8. The van der Waals surface area contributed by atoms with Crippen molar-refractivity contribution in [2.24, 2.45) is 0 Å². The average molecular weight is 958 g/mol. The Bertz CT molecular complexity index is 2930. The summed E-state index contributed by atoms with van der Waals surface area (Å²) >= 11 is 11.7. The van der Waals surface area contributed by atoms with E-state index < -0.39 is 34.5 Å². The Kier molecular flexibility index (Phi) is 15.6. The number of carboxylic acid groups (broad SMARTS) is 1. The Morgan fingerprint density at radius 2 is 1.07 bits per heavy atom. The lowest BCUT2D eigenvalue weighted by atomic mass is 9.96. The third-order valence-corrected chi connectivity index (χ3v) is 11.2. The fourth-order valence-corrected chi connectivity index (χ4v) is 7.29. The second-order valence-corrected chi connectivity index (χ2v) is 17.6. The molecule has 0 spiro atoms. The van der Waals surface area contributed by atoms with Gasteiger partial charge in [0.2, 0.25) is 5.91 Å². The molecule has 67 heavy (non-hydrogen) atoms. The summed E-state index contributed by atoms with van der Waals surface area (Å²) in [5.41, 5.74) is 11.1. The predicted molar refractivity (Wildman–Crippen MR) is 254 cm³/mol. The topological polar surface area (TPSA) is 290 Å². The Balaban J connectivity index is 0.000000198. The van der Waals surface area contributed by atoms with Gasteiger partial charge < -0.3 is 47.6 Å². The Morgan fingerprint density at radius 3 is 1.43 bits per heavy atom. The highest BCUT2D eigenvalue weighted by molar-refractivity contribution is 6.30. The van der Waals surface area contributed by atoms with Gasteiger partial charge in [-0.25, -0.2) is 9.97 Å². The average Bonchev–Trinajstić information content (AvgIpc) is 3.26. The number of aromatic nitrogens is 4. The number of hydrogen-bond acceptors (Lipinski definition) is 13. The SMILES string of the molecule is CC1(O)CN(C(=O)CCn2c(=O)c(C(=O)NCc3ccc(Cl)cc3)cc3ccc(N)nc32)C1.CC1(O)CNC1.Nc1ccc2cc(C(=O)NCc3ccc(Cl)cc3)c(=O)n(CCC(=O)O)c2n1. The number of likely N-dealkylation sites (tertiary alicyclic amines) is 1. The van der Waals surface area contributed by atoms with E-state index in [0.29, 0.717) is 26.5 Å². The van der Waals surface area contributed by atoms with Crippen LogP contribution in [0.4, 0.5) is 11.6 Å². The van der Waals surface area contributed by atoms with Crippen LogP contribution in [0.1, 0.15) is 58.5 Å². The van der Waals surface area contributed by atoms with Crippen LogP contribution < -0.4 is 38.5 Å². The number of nitrogens with zero attached hydrogens (tertiary/aromatic N) is 5. The Hall–Kier alpha value is -6.90. The first-order valence-corrected chi connectivity index (χ1v) is 21.7. The van der Waals surface area contributed by atoms with E-state index in [1.165, 1.54) is 21.6 Å². The van der Waals surface area contributed by atoms with E-state index in [9.17, 15) is 33.9 Å². The molecule has 19 nitrogen and oxygen atoms in total. The molecule has 352 valence electrons. The van der Waals surface area contributed by atoms with Gasteiger partial charge in [-0.3, -0.25) is 37.9 Å². The van der Waals surface area contributed by atoms with Gasteiger partial charge >= 0.3 is 5.97 Å². The van der Waals surface area contributed by atoms with Gasteiger partial charge in [-0.15, -0.1) is 0 Å². The summed E-state index contributed by atoms with van der Waals surface area (Å²) in [6, 6.07) is 23.3. The summed E-state index contributed by atoms with van der Waals surface area (Å²) in [5.74, 6) is -1.95. The second-order valence-electron chi connectivity index (χ2n) is 16.7. The number of carboxylic acids is 1. The highest BCUT2D eigenvalue weighted by Crippen LogP contribution is 2.22. The van der Waals surface area contributed by atoms with Crippen molar-refractivity contribution in [3.8, 4) is 0 Å². The third-order valence-electron chi connectivity index (χ3n) is 10.7. The molecule has 0 bridgehead atoms. The van der Waals surface area contributed by atoms with E-state index >= 15 is 0 Å². The number of carbonyl (C=O) groups is 4. The van der Waals surface area contributed by atoms with Crippen LogP contribution in [-0.2, 0) is 35.8 Å². The van der Waals surface area contributed by atoms with Crippen molar-refractivity contribution in [3.63, 3.8) is 0 Å². The number of aliphatic hydroxyl groups is 2. The van der Waals surface area contributed by atoms with Gasteiger partial charge in [0, 0.05) is 66.5 Å². The molecule has 2 aliphatic heterocycles. The summed E-state index contributed by atoms with van der Waals surface area (Å²) in [4.78, 5) is 84.8. The van der Waals surface area contributed by atoms with Gasteiger partial charge in [0.15, 0.2) is 0 Å². The summed E-state index contributed by atoms with van der Waals surface area (Å²) < 4.78 is 2.47. The molecule has 2 saturated heterocycles. The zero-order chi connectivity index (χ0) is 48.6. The number of carbonyl (C=O) groups excluding carboxylic acids is 3. The number of nitrogens with two attached hydrogens (primary N) is 2. The summed E-state index contributed by atoms with van der Waals surface area (Å²) in [5, 5.41) is 38.3. The predicted octanol–water partition coefficient (Wildman–Crippen LogP) is 2.92. The number of halogens is 2. The monoisotopic (exact) mass is 956 g/mol. The minimum absolute atomic E-state index is 0.0252. The van der Waals surface area contributed by atoms with Crippen LogP contribution in [0, 0.1) is 0 Å². The third kappa shape index (κ3) is 13.1. The molecule has 0 aliphatic carbocycles. The van der Waals surface area contributed by atoms with E-state index in [-0.39, 0.29) is 92.0 Å². The quantitative estimate of drug-likeness (QED) is 0.0876. The minimum Gasteiger partial charge on any atom is -0.481 e. The van der Waals surface area contributed by atoms with Gasteiger partial charge in [0.25, 0.3) is 22.9 Å². The van der Waals surface area contributed by atoms with Crippen LogP contribution in [0.15, 0.2) is 94.5 Å². The molecule has 8 rings (SSSR count). The minimum atomic E-state index is -1.07. The summed E-state index contributed by atoms with van der Waals surface area (Å²) in [6.45, 7) is 5.83. The van der Waals surface area contributed by atoms with Gasteiger partial charge in [-0.2, -0.15) is 0 Å². The van der Waals surface area contributed by atoms with Gasteiger partial charge in [0.05, 0.1) is 30.7 Å². The standard InChI is InChI=1S/C23H24ClN5O4.C19H17ClN4O4.C4H9NO/c1-23(33)12-28(13-23)19(30)8-9-29-20-15(4-7-18(25)27-20)10-17(22(29)32)21(31)26-11-14-2-5-16(24)6-3-14;20-13-4-1-11(2-5-13)10-22-18(27)14-9-12-3-6-15(21)23-17(12)24(19(14)28)8-7-16(25)26;1-4(6)2-5-3-4/h2-7,10,33H,8-9,11-13H2,1H3,(H2,25,27)(H,26,31);1-6,9H,7-8,10H2,(H2,21,23)(H,22,27)(H,25,26);5-6H,2-3H2,1H3. The van der Waals surface area contributed by atoms with E-state index in [1.807, 2.05) is 6.92 Å². The lowest BCUT2D eigenvalue weighted by Gasteiger charge is -2.44. The molecular weight excluding hydrogens is 907 g/mol. The van der Waals surface area contributed by atoms with Crippen molar-refractivity contribution in [1.82, 2.24) is 40.0 Å². The number of aliphatic carboxylic acids is 1. The molecule has 3 amide bonds. The number of amides is 3. The molecular formula is C46H50Cl2N10O9. The summed E-state index contributed by atoms with van der Waals surface area (Å²) in [6.07, 6.45) is -0.265. The molecule has 10 N–H and O–H groups in total. The zero-order valence-electron chi connectivity index (χ0n) is 36.6. The van der Waals surface area contributed by atoms with E-state index in [0.717, 1.165) is 28.8 Å². The fraction of sp³-hybridized carbons (Fsp3) is 0.304. The van der Waals surface area contributed by atoms with Crippen molar-refractivity contribution in [2.75, 3.05) is 37.6 Å². The maximum atomic E-state index is 13.2. The van der Waals surface area contributed by atoms with Gasteiger partial charge in [-0.1, -0.05) is 47.5 Å². The number of pyridine rings is 4. The largest absolute Gasteiger partial charge is 0.481 e. The van der Waals surface area contributed by atoms with Crippen LogP contribution in [-0.4, -0.2) is 100 Å². The van der Waals surface area contributed by atoms with Crippen LogP contribution in [0.3, 0.4) is 0 Å². The first-order chi connectivity index (χ1) is 31.7. The molecule has 0 saturated carbocycles. The lowest BCUT2D eigenvalue weighted by Crippen LogP contribution is -2.61. The van der Waals surface area contributed by atoms with Gasteiger partial charge in [-0.05, 0) is 85.6 Å². The molecule has 6 aromatic rings. The van der Waals surface area contributed by atoms with Crippen LogP contribution in [0.5, 0.6) is 0 Å². The molecule has 21 heteroatoms. The first kappa shape index (κ1) is 49.5. The van der Waals surface area contributed by atoms with E-state index in [2.05, 4.69) is 25.9 Å². The number of benzene rings is 2. The lowest BCUT2D eigenvalue weighted by molar-refractivity contribution is -0.152. The van der Waals surface area contributed by atoms with E-state index in [4.69, 9.17) is 44.9 Å². The molecule has 0 radical (unpaired) electrons. The number of nitrogen functional groups attached to an aromatic ring is 2. The van der Waals surface area contributed by atoms with Gasteiger partial charge in [0.1, 0.15) is 34.1 Å². The maximum Gasteiger partial charge on any atom is 0.305 e. The van der Waals surface area contributed by atoms with Crippen LogP contribution >= 0.6 is 23.2 Å². The number of β-amino-alcohol motifs (C(OH)–C–C–N with tert-alkyl or cyclic N) is 2. The second kappa shape index (κ2) is 21.2. The molecule has 0 atom stereocenters.